The molecule has 0 fully saturated rings. The normalized spacial score (nSPS) is 11.3. The zero-order valence-corrected chi connectivity index (χ0v) is 12.4. The summed E-state index contributed by atoms with van der Waals surface area (Å²) < 4.78 is 16.0. The molecule has 0 radical (unpaired) electrons. The molecule has 0 saturated carbocycles. The lowest BCUT2D eigenvalue weighted by Gasteiger charge is -2.25. The number of esters is 1. The van der Waals surface area contributed by atoms with E-state index in [0.29, 0.717) is 12.2 Å². The molecule has 0 bridgehead atoms. The fourth-order valence-electron chi connectivity index (χ4n) is 1.54. The van der Waals surface area contributed by atoms with Crippen molar-refractivity contribution in [2.75, 3.05) is 20.8 Å². The zero-order valence-electron chi connectivity index (χ0n) is 11.4. The van der Waals surface area contributed by atoms with Crippen molar-refractivity contribution in [2.45, 2.75) is 38.8 Å². The lowest BCUT2D eigenvalue weighted by atomic mass is 10.3. The van der Waals surface area contributed by atoms with Crippen LogP contribution in [-0.2, 0) is 18.4 Å². The molecule has 0 aromatic heterocycles. The van der Waals surface area contributed by atoms with Crippen LogP contribution in [0.25, 0.3) is 0 Å². The molecule has 0 amide bonds. The molecule has 0 aliphatic heterocycles. The number of carbonyl (C=O) groups is 1. The highest BCUT2D eigenvalue weighted by Gasteiger charge is 2.32. The first-order valence-corrected chi connectivity index (χ1v) is 8.17. The summed E-state index contributed by atoms with van der Waals surface area (Å²) in [7, 11) is 1.44. The highest BCUT2D eigenvalue weighted by molar-refractivity contribution is 6.67. The maximum absolute atomic E-state index is 11.1. The fourth-order valence-corrected chi connectivity index (χ4v) is 3.83. The van der Waals surface area contributed by atoms with Gasteiger partial charge in [0.25, 0.3) is 0 Å². The van der Waals surface area contributed by atoms with Crippen molar-refractivity contribution in [1.29, 1.82) is 0 Å². The van der Waals surface area contributed by atoms with E-state index < -0.39 is 8.56 Å². The summed E-state index contributed by atoms with van der Waals surface area (Å²) >= 11 is 0. The smallest absolute Gasteiger partial charge is 0.337 e. The number of hydrogen-bond acceptors (Lipinski definition) is 4. The Bertz CT molecular complexity index is 241. The first-order valence-electron chi connectivity index (χ1n) is 5.94. The van der Waals surface area contributed by atoms with Gasteiger partial charge in [-0.2, -0.15) is 0 Å². The van der Waals surface area contributed by atoms with E-state index >= 15 is 0 Å². The predicted molar refractivity (Wildman–Crippen MR) is 70.1 cm³/mol. The first kappa shape index (κ1) is 16.3. The van der Waals surface area contributed by atoms with Gasteiger partial charge in [-0.15, -0.1) is 0 Å². The van der Waals surface area contributed by atoms with Gasteiger partial charge in [0.1, 0.15) is 0 Å². The van der Waals surface area contributed by atoms with Gasteiger partial charge in [-0.1, -0.05) is 13.5 Å². The van der Waals surface area contributed by atoms with Crippen LogP contribution in [0.15, 0.2) is 12.2 Å². The quantitative estimate of drug-likeness (QED) is 0.277. The third kappa shape index (κ3) is 6.00. The summed E-state index contributed by atoms with van der Waals surface area (Å²) in [6.45, 7) is 7.69. The molecular formula is C12H24O4Si. The number of rotatable bonds is 9. The Kier molecular flexibility index (Phi) is 8.12. The number of unbranched alkanes of at least 4 members (excludes halogenated alkanes) is 1. The number of hydrogen-bond donors (Lipinski definition) is 0. The SMILES string of the molecule is C=C(C)C(=O)OCCCC[Si](CC)(OC)OC. The van der Waals surface area contributed by atoms with E-state index in [4.69, 9.17) is 13.6 Å². The summed E-state index contributed by atoms with van der Waals surface area (Å²) in [5.74, 6) is -0.317. The maximum Gasteiger partial charge on any atom is 0.337 e. The zero-order chi connectivity index (χ0) is 13.3. The Morgan fingerprint density at radius 2 is 1.82 bits per heavy atom. The molecule has 0 aromatic carbocycles. The molecule has 17 heavy (non-hydrogen) atoms. The minimum Gasteiger partial charge on any atom is -0.462 e. The Hall–Kier alpha value is -0.653. The molecule has 0 aliphatic carbocycles. The minimum absolute atomic E-state index is 0.317. The van der Waals surface area contributed by atoms with Crippen molar-refractivity contribution >= 4 is 14.5 Å². The van der Waals surface area contributed by atoms with Crippen LogP contribution in [0, 0.1) is 0 Å². The average Bonchev–Trinajstić information content (AvgIpc) is 2.34. The molecule has 0 spiro atoms. The van der Waals surface area contributed by atoms with Gasteiger partial charge in [-0.05, 0) is 31.9 Å². The standard InChI is InChI=1S/C12H24O4Si/c1-6-17(14-4,15-5)10-8-7-9-16-12(13)11(2)3/h2,6-10H2,1,3-5H3. The van der Waals surface area contributed by atoms with Crippen molar-refractivity contribution < 1.29 is 18.4 Å². The highest BCUT2D eigenvalue weighted by Crippen LogP contribution is 2.19. The van der Waals surface area contributed by atoms with Gasteiger partial charge in [0, 0.05) is 19.8 Å². The third-order valence-electron chi connectivity index (χ3n) is 2.82. The summed E-state index contributed by atoms with van der Waals surface area (Å²) in [6.07, 6.45) is 1.78. The topological polar surface area (TPSA) is 44.8 Å². The fraction of sp³-hybridized carbons (Fsp3) is 0.750. The second-order valence-electron chi connectivity index (χ2n) is 4.05. The summed E-state index contributed by atoms with van der Waals surface area (Å²) in [5.41, 5.74) is 0.441. The Balaban J connectivity index is 3.76. The first-order chi connectivity index (χ1) is 8.01. The van der Waals surface area contributed by atoms with Crippen LogP contribution in [0.1, 0.15) is 26.7 Å². The molecule has 5 heteroatoms. The lowest BCUT2D eigenvalue weighted by molar-refractivity contribution is -0.139. The second-order valence-corrected chi connectivity index (χ2v) is 7.89. The molecule has 0 aliphatic rings. The van der Waals surface area contributed by atoms with Crippen molar-refractivity contribution in [3.05, 3.63) is 12.2 Å². The molecule has 0 rings (SSSR count). The van der Waals surface area contributed by atoms with E-state index in [2.05, 4.69) is 13.5 Å². The van der Waals surface area contributed by atoms with E-state index in [1.807, 2.05) is 0 Å². The van der Waals surface area contributed by atoms with Gasteiger partial charge >= 0.3 is 14.5 Å². The largest absolute Gasteiger partial charge is 0.462 e. The molecule has 0 unspecified atom stereocenters. The lowest BCUT2D eigenvalue weighted by Crippen LogP contribution is -2.38. The number of ether oxygens (including phenoxy) is 1. The molecule has 0 atom stereocenters. The van der Waals surface area contributed by atoms with E-state index in [1.165, 1.54) is 0 Å². The maximum atomic E-state index is 11.1. The van der Waals surface area contributed by atoms with Crippen LogP contribution < -0.4 is 0 Å². The van der Waals surface area contributed by atoms with Crippen LogP contribution in [0.3, 0.4) is 0 Å². The van der Waals surface area contributed by atoms with Crippen LogP contribution in [0.2, 0.25) is 12.1 Å². The van der Waals surface area contributed by atoms with Crippen LogP contribution in [0.4, 0.5) is 0 Å². The summed E-state index contributed by atoms with van der Waals surface area (Å²) in [5, 5.41) is 0. The highest BCUT2D eigenvalue weighted by atomic mass is 28.4. The van der Waals surface area contributed by atoms with Crippen molar-refractivity contribution in [3.8, 4) is 0 Å². The Labute approximate surface area is 105 Å². The Morgan fingerprint density at radius 1 is 1.24 bits per heavy atom. The number of carbonyl (C=O) groups excluding carboxylic acids is 1. The van der Waals surface area contributed by atoms with Crippen LogP contribution >= 0.6 is 0 Å². The molecular weight excluding hydrogens is 236 g/mol. The van der Waals surface area contributed by atoms with E-state index in [-0.39, 0.29) is 5.97 Å². The van der Waals surface area contributed by atoms with E-state index in [1.54, 1.807) is 21.1 Å². The monoisotopic (exact) mass is 260 g/mol. The molecule has 0 aromatic rings. The van der Waals surface area contributed by atoms with Gasteiger partial charge in [0.15, 0.2) is 0 Å². The van der Waals surface area contributed by atoms with Crippen LogP contribution in [0.5, 0.6) is 0 Å². The van der Waals surface area contributed by atoms with Gasteiger partial charge in [-0.25, -0.2) is 4.79 Å². The Morgan fingerprint density at radius 3 is 2.24 bits per heavy atom. The third-order valence-corrected chi connectivity index (χ3v) is 6.50. The van der Waals surface area contributed by atoms with Gasteiger partial charge in [0.2, 0.25) is 0 Å². The average molecular weight is 260 g/mol. The molecule has 4 nitrogen and oxygen atoms in total. The molecule has 0 heterocycles. The summed E-state index contributed by atoms with van der Waals surface area (Å²) in [6, 6.07) is 1.87. The van der Waals surface area contributed by atoms with Crippen molar-refractivity contribution in [1.82, 2.24) is 0 Å². The van der Waals surface area contributed by atoms with Gasteiger partial charge in [-0.3, -0.25) is 0 Å². The van der Waals surface area contributed by atoms with Gasteiger partial charge in [0.05, 0.1) is 6.61 Å². The van der Waals surface area contributed by atoms with Gasteiger partial charge < -0.3 is 13.6 Å². The van der Waals surface area contributed by atoms with E-state index in [9.17, 15) is 4.79 Å². The predicted octanol–water partition coefficient (Wildman–Crippen LogP) is 2.64. The van der Waals surface area contributed by atoms with E-state index in [0.717, 1.165) is 24.9 Å². The minimum atomic E-state index is -1.97. The second kappa shape index (κ2) is 8.44. The van der Waals surface area contributed by atoms with Crippen LogP contribution in [-0.4, -0.2) is 35.4 Å². The molecule has 0 N–H and O–H groups in total. The molecule has 100 valence electrons. The summed E-state index contributed by atoms with van der Waals surface area (Å²) in [4.78, 5) is 11.1. The molecule has 0 saturated heterocycles. The van der Waals surface area contributed by atoms with Crippen molar-refractivity contribution in [3.63, 3.8) is 0 Å². The van der Waals surface area contributed by atoms with Crippen molar-refractivity contribution in [2.24, 2.45) is 0 Å².